The molecule has 9 nitrogen and oxygen atoms in total. The second kappa shape index (κ2) is 11.3. The van der Waals surface area contributed by atoms with Crippen molar-refractivity contribution < 1.29 is 4.39 Å². The van der Waals surface area contributed by atoms with Crippen LogP contribution in [-0.2, 0) is 0 Å². The van der Waals surface area contributed by atoms with Crippen molar-refractivity contribution in [3.8, 4) is 33.5 Å². The summed E-state index contributed by atoms with van der Waals surface area (Å²) in [5.41, 5.74) is 11.3. The fourth-order valence-corrected chi connectivity index (χ4v) is 5.36. The van der Waals surface area contributed by atoms with Crippen molar-refractivity contribution in [2.24, 2.45) is 0 Å². The number of fused-ring (bicyclic) bond motifs is 1. The van der Waals surface area contributed by atoms with Gasteiger partial charge in [-0.2, -0.15) is 5.10 Å². The van der Waals surface area contributed by atoms with Crippen LogP contribution in [0, 0.1) is 5.82 Å². The smallest absolute Gasteiger partial charge is 0.153 e. The molecule has 6 aromatic rings. The Bertz CT molecular complexity index is 1830. The van der Waals surface area contributed by atoms with Gasteiger partial charge in [-0.3, -0.25) is 25.5 Å². The van der Waals surface area contributed by atoms with Crippen LogP contribution in [0.3, 0.4) is 0 Å². The molecule has 42 heavy (non-hydrogen) atoms. The standard InChI is InChI=1S/C32H28FN9/c33-29-7-6-25(21-4-3-10-35-16-21)26-15-30(37-19-28(26)29)27-14-22(17-38-32(27)41-40-31-5-1-2-11-36-31)23-18-39-42(20-23)24-8-12-34-13-9-24/h1-7,10-11,14-20,24,34H,8-9,12-13H2,(H,36,40)(H,38,41). The van der Waals surface area contributed by atoms with Crippen molar-refractivity contribution in [1.29, 1.82) is 0 Å². The van der Waals surface area contributed by atoms with Crippen LogP contribution in [0.1, 0.15) is 18.9 Å². The van der Waals surface area contributed by atoms with Crippen LogP contribution in [0.25, 0.3) is 44.3 Å². The monoisotopic (exact) mass is 557 g/mol. The summed E-state index contributed by atoms with van der Waals surface area (Å²) in [7, 11) is 0. The molecule has 0 radical (unpaired) electrons. The number of nitrogens with zero attached hydrogens (tertiary/aromatic N) is 6. The van der Waals surface area contributed by atoms with Crippen molar-refractivity contribution in [3.63, 3.8) is 0 Å². The number of anilines is 2. The summed E-state index contributed by atoms with van der Waals surface area (Å²) in [6.07, 6.45) is 14.7. The van der Waals surface area contributed by atoms with Crippen LogP contribution in [0.15, 0.2) is 98.0 Å². The quantitative estimate of drug-likeness (QED) is 0.202. The second-order valence-electron chi connectivity index (χ2n) is 10.2. The van der Waals surface area contributed by atoms with Gasteiger partial charge in [0.25, 0.3) is 0 Å². The Labute approximate surface area is 241 Å². The van der Waals surface area contributed by atoms with E-state index in [1.165, 1.54) is 6.07 Å². The van der Waals surface area contributed by atoms with E-state index in [1.54, 1.807) is 30.9 Å². The third-order valence-corrected chi connectivity index (χ3v) is 7.58. The Morgan fingerprint density at radius 3 is 2.52 bits per heavy atom. The van der Waals surface area contributed by atoms with E-state index in [0.717, 1.165) is 59.1 Å². The lowest BCUT2D eigenvalue weighted by Gasteiger charge is -2.22. The molecule has 1 aliphatic heterocycles. The Hall–Kier alpha value is -5.22. The Morgan fingerprint density at radius 2 is 1.69 bits per heavy atom. The first-order valence-corrected chi connectivity index (χ1v) is 13.9. The first-order chi connectivity index (χ1) is 20.7. The van der Waals surface area contributed by atoms with Gasteiger partial charge in [0, 0.05) is 64.8 Å². The fraction of sp³-hybridized carbons (Fsp3) is 0.156. The van der Waals surface area contributed by atoms with Crippen LogP contribution < -0.4 is 16.2 Å². The third kappa shape index (κ3) is 5.15. The molecule has 0 saturated carbocycles. The van der Waals surface area contributed by atoms with Gasteiger partial charge < -0.3 is 5.32 Å². The van der Waals surface area contributed by atoms with Gasteiger partial charge in [-0.1, -0.05) is 18.2 Å². The van der Waals surface area contributed by atoms with E-state index in [1.807, 2.05) is 54.9 Å². The Morgan fingerprint density at radius 1 is 0.762 bits per heavy atom. The van der Waals surface area contributed by atoms with Crippen LogP contribution >= 0.6 is 0 Å². The molecule has 5 aromatic heterocycles. The highest BCUT2D eigenvalue weighted by Gasteiger charge is 2.18. The molecule has 1 saturated heterocycles. The lowest BCUT2D eigenvalue weighted by atomic mass is 9.98. The zero-order chi connectivity index (χ0) is 28.3. The lowest BCUT2D eigenvalue weighted by Crippen LogP contribution is -2.29. The highest BCUT2D eigenvalue weighted by Crippen LogP contribution is 2.35. The molecule has 0 bridgehead atoms. The SMILES string of the molecule is Fc1ccc(-c2cccnc2)c2cc(-c3cc(-c4cnn(C5CCNCC5)c4)cnc3NNc3ccccn3)ncc12. The van der Waals surface area contributed by atoms with Gasteiger partial charge in [0.2, 0.25) is 0 Å². The predicted molar refractivity (Wildman–Crippen MR) is 162 cm³/mol. The van der Waals surface area contributed by atoms with Gasteiger partial charge >= 0.3 is 0 Å². The van der Waals surface area contributed by atoms with Crippen molar-refractivity contribution >= 4 is 22.4 Å². The number of piperidine rings is 1. The number of hydrazine groups is 1. The van der Waals surface area contributed by atoms with Gasteiger partial charge in [0.15, 0.2) is 5.82 Å². The van der Waals surface area contributed by atoms with Gasteiger partial charge in [-0.25, -0.2) is 14.4 Å². The summed E-state index contributed by atoms with van der Waals surface area (Å²) < 4.78 is 17.0. The highest BCUT2D eigenvalue weighted by molar-refractivity contribution is 5.99. The molecule has 1 aliphatic rings. The maximum atomic E-state index is 14.9. The van der Waals surface area contributed by atoms with Crippen molar-refractivity contribution in [2.45, 2.75) is 18.9 Å². The van der Waals surface area contributed by atoms with E-state index in [2.05, 4.69) is 42.1 Å². The summed E-state index contributed by atoms with van der Waals surface area (Å²) in [4.78, 5) is 18.1. The number of pyridine rings is 4. The van der Waals surface area contributed by atoms with Crippen LogP contribution in [0.4, 0.5) is 16.0 Å². The summed E-state index contributed by atoms with van der Waals surface area (Å²) >= 11 is 0. The predicted octanol–water partition coefficient (Wildman–Crippen LogP) is 6.12. The van der Waals surface area contributed by atoms with E-state index in [4.69, 9.17) is 9.97 Å². The minimum absolute atomic E-state index is 0.330. The zero-order valence-electron chi connectivity index (χ0n) is 22.7. The summed E-state index contributed by atoms with van der Waals surface area (Å²) in [6, 6.07) is 17.0. The molecule has 3 N–H and O–H groups in total. The molecule has 0 spiro atoms. The first kappa shape index (κ1) is 25.7. The topological polar surface area (TPSA) is 105 Å². The molecule has 0 aliphatic carbocycles. The Balaban J connectivity index is 1.32. The third-order valence-electron chi connectivity index (χ3n) is 7.58. The number of benzene rings is 1. The molecule has 6 heterocycles. The molecule has 10 heteroatoms. The van der Waals surface area contributed by atoms with Gasteiger partial charge in [0.05, 0.1) is 17.9 Å². The van der Waals surface area contributed by atoms with Gasteiger partial charge in [-0.15, -0.1) is 0 Å². The van der Waals surface area contributed by atoms with Crippen molar-refractivity contribution in [2.75, 3.05) is 23.9 Å². The molecular formula is C32H28FN9. The first-order valence-electron chi connectivity index (χ1n) is 13.9. The van der Waals surface area contributed by atoms with E-state index in [-0.39, 0.29) is 5.82 Å². The minimum atomic E-state index is -0.330. The number of hydrogen-bond acceptors (Lipinski definition) is 8. The number of nitrogens with one attached hydrogen (secondary N) is 3. The summed E-state index contributed by atoms with van der Waals surface area (Å²) in [6.45, 7) is 1.98. The van der Waals surface area contributed by atoms with E-state index >= 15 is 0 Å². The molecule has 7 rings (SSSR count). The number of aromatic nitrogens is 6. The average molecular weight is 558 g/mol. The normalized spacial score (nSPS) is 13.7. The minimum Gasteiger partial charge on any atom is -0.317 e. The molecule has 208 valence electrons. The van der Waals surface area contributed by atoms with Crippen molar-refractivity contribution in [3.05, 3.63) is 104 Å². The molecule has 0 unspecified atom stereocenters. The molecular weight excluding hydrogens is 529 g/mol. The second-order valence-corrected chi connectivity index (χ2v) is 10.2. The van der Waals surface area contributed by atoms with E-state index in [9.17, 15) is 4.39 Å². The molecule has 0 atom stereocenters. The van der Waals surface area contributed by atoms with Gasteiger partial charge in [0.1, 0.15) is 11.6 Å². The van der Waals surface area contributed by atoms with Crippen molar-refractivity contribution in [1.82, 2.24) is 35.0 Å². The maximum absolute atomic E-state index is 14.9. The largest absolute Gasteiger partial charge is 0.317 e. The molecule has 1 fully saturated rings. The van der Waals surface area contributed by atoms with Crippen LogP contribution in [-0.4, -0.2) is 42.8 Å². The average Bonchev–Trinajstić information content (AvgIpc) is 3.56. The number of rotatable bonds is 7. The summed E-state index contributed by atoms with van der Waals surface area (Å²) in [5, 5.41) is 9.26. The number of halogens is 1. The van der Waals surface area contributed by atoms with Crippen LogP contribution in [0.2, 0.25) is 0 Å². The Kier molecular flexibility index (Phi) is 6.95. The van der Waals surface area contributed by atoms with E-state index < -0.39 is 0 Å². The molecule has 0 amide bonds. The fourth-order valence-electron chi connectivity index (χ4n) is 5.36. The van der Waals surface area contributed by atoms with Crippen LogP contribution in [0.5, 0.6) is 0 Å². The summed E-state index contributed by atoms with van der Waals surface area (Å²) in [5.74, 6) is 0.871. The number of hydrogen-bond donors (Lipinski definition) is 3. The van der Waals surface area contributed by atoms with E-state index in [0.29, 0.717) is 28.8 Å². The zero-order valence-corrected chi connectivity index (χ0v) is 22.7. The lowest BCUT2D eigenvalue weighted by molar-refractivity contribution is 0.343. The molecule has 1 aromatic carbocycles. The maximum Gasteiger partial charge on any atom is 0.153 e. The van der Waals surface area contributed by atoms with Gasteiger partial charge in [-0.05, 0) is 73.3 Å². The highest BCUT2D eigenvalue weighted by atomic mass is 19.1.